The largest absolute Gasteiger partial charge is 0.396 e. The highest BCUT2D eigenvalue weighted by molar-refractivity contribution is 7.99. The molecule has 0 spiro atoms. The van der Waals surface area contributed by atoms with Crippen molar-refractivity contribution >= 4 is 11.8 Å². The first-order valence-corrected chi connectivity index (χ1v) is 4.74. The zero-order valence-electron chi connectivity index (χ0n) is 6.97. The molecule has 4 heteroatoms. The number of aromatic nitrogens is 2. The lowest BCUT2D eigenvalue weighted by Crippen LogP contribution is -1.99. The molecule has 0 saturated carbocycles. The third-order valence-corrected chi connectivity index (χ3v) is 2.49. The molecule has 0 aromatic carbocycles. The van der Waals surface area contributed by atoms with E-state index in [1.165, 1.54) is 0 Å². The second-order valence-electron chi connectivity index (χ2n) is 2.48. The molecule has 0 fully saturated rings. The summed E-state index contributed by atoms with van der Waals surface area (Å²) in [5.41, 5.74) is 0. The van der Waals surface area contributed by atoms with Crippen molar-refractivity contribution in [1.29, 1.82) is 0 Å². The van der Waals surface area contributed by atoms with Gasteiger partial charge in [-0.3, -0.25) is 4.98 Å². The van der Waals surface area contributed by atoms with E-state index in [1.807, 2.05) is 0 Å². The number of aliphatic hydroxyl groups excluding tert-OH is 1. The lowest BCUT2D eigenvalue weighted by Gasteiger charge is -2.06. The molecule has 0 bridgehead atoms. The molecule has 1 atom stereocenters. The van der Waals surface area contributed by atoms with Crippen molar-refractivity contribution in [3.63, 3.8) is 0 Å². The molecular formula is C8H12N2OS. The van der Waals surface area contributed by atoms with Gasteiger partial charge in [0.05, 0.1) is 6.20 Å². The Labute approximate surface area is 76.2 Å². The Kier molecular flexibility index (Phi) is 4.04. The zero-order valence-corrected chi connectivity index (χ0v) is 7.79. The minimum absolute atomic E-state index is 0.231. The molecule has 0 radical (unpaired) electrons. The quantitative estimate of drug-likeness (QED) is 0.717. The summed E-state index contributed by atoms with van der Waals surface area (Å²) in [5, 5.41) is 9.98. The summed E-state index contributed by atoms with van der Waals surface area (Å²) in [7, 11) is 0. The Hall–Kier alpha value is -0.610. The van der Waals surface area contributed by atoms with Gasteiger partial charge in [-0.05, 0) is 6.42 Å². The van der Waals surface area contributed by atoms with Crippen molar-refractivity contribution < 1.29 is 5.11 Å². The molecule has 1 heterocycles. The van der Waals surface area contributed by atoms with Gasteiger partial charge in [0, 0.05) is 24.3 Å². The lowest BCUT2D eigenvalue weighted by molar-refractivity contribution is 0.289. The minimum Gasteiger partial charge on any atom is -0.396 e. The van der Waals surface area contributed by atoms with Crippen LogP contribution in [0.3, 0.4) is 0 Å². The summed E-state index contributed by atoms with van der Waals surface area (Å²) in [6.45, 7) is 2.30. The molecule has 0 aliphatic carbocycles. The van der Waals surface area contributed by atoms with Gasteiger partial charge in [0.25, 0.3) is 0 Å². The number of thioether (sulfide) groups is 1. The van der Waals surface area contributed by atoms with Crippen LogP contribution in [0.25, 0.3) is 0 Å². The molecule has 12 heavy (non-hydrogen) atoms. The van der Waals surface area contributed by atoms with E-state index in [-0.39, 0.29) is 6.61 Å². The predicted octanol–water partition coefficient (Wildman–Crippen LogP) is 1.34. The Morgan fingerprint density at radius 3 is 3.00 bits per heavy atom. The molecular weight excluding hydrogens is 172 g/mol. The monoisotopic (exact) mass is 184 g/mol. The first-order valence-electron chi connectivity index (χ1n) is 3.86. The fourth-order valence-corrected chi connectivity index (χ4v) is 1.67. The van der Waals surface area contributed by atoms with Crippen LogP contribution in [-0.2, 0) is 0 Å². The molecule has 1 rings (SSSR count). The Morgan fingerprint density at radius 1 is 1.58 bits per heavy atom. The van der Waals surface area contributed by atoms with Gasteiger partial charge in [-0.15, -0.1) is 11.8 Å². The number of hydrogen-bond donors (Lipinski definition) is 1. The van der Waals surface area contributed by atoms with Crippen molar-refractivity contribution in [3.05, 3.63) is 18.6 Å². The van der Waals surface area contributed by atoms with Crippen LogP contribution in [0, 0.1) is 0 Å². The van der Waals surface area contributed by atoms with Gasteiger partial charge in [-0.25, -0.2) is 4.98 Å². The van der Waals surface area contributed by atoms with E-state index in [4.69, 9.17) is 5.11 Å². The molecule has 0 aliphatic rings. The Balaban J connectivity index is 2.41. The predicted molar refractivity (Wildman–Crippen MR) is 49.1 cm³/mol. The number of rotatable bonds is 4. The van der Waals surface area contributed by atoms with Crippen LogP contribution >= 0.6 is 11.8 Å². The second-order valence-corrected chi connectivity index (χ2v) is 3.94. The zero-order chi connectivity index (χ0) is 8.81. The molecule has 66 valence electrons. The van der Waals surface area contributed by atoms with Gasteiger partial charge < -0.3 is 5.11 Å². The van der Waals surface area contributed by atoms with Crippen LogP contribution in [0.2, 0.25) is 0 Å². The van der Waals surface area contributed by atoms with Gasteiger partial charge >= 0.3 is 0 Å². The normalized spacial score (nSPS) is 12.8. The van der Waals surface area contributed by atoms with Crippen LogP contribution in [0.5, 0.6) is 0 Å². The van der Waals surface area contributed by atoms with Crippen LogP contribution < -0.4 is 0 Å². The van der Waals surface area contributed by atoms with Gasteiger partial charge in [-0.1, -0.05) is 6.92 Å². The van der Waals surface area contributed by atoms with E-state index in [9.17, 15) is 0 Å². The van der Waals surface area contributed by atoms with E-state index in [2.05, 4.69) is 16.9 Å². The summed E-state index contributed by atoms with van der Waals surface area (Å²) in [4.78, 5) is 8.07. The average Bonchev–Trinajstić information content (AvgIpc) is 2.06. The fraction of sp³-hybridized carbons (Fsp3) is 0.500. The summed E-state index contributed by atoms with van der Waals surface area (Å²) < 4.78 is 0. The summed E-state index contributed by atoms with van der Waals surface area (Å²) in [6, 6.07) is 0. The maximum atomic E-state index is 8.67. The van der Waals surface area contributed by atoms with Crippen molar-refractivity contribution in [2.45, 2.75) is 23.6 Å². The minimum atomic E-state index is 0.231. The number of nitrogens with zero attached hydrogens (tertiary/aromatic N) is 2. The van der Waals surface area contributed by atoms with E-state index in [1.54, 1.807) is 30.4 Å². The van der Waals surface area contributed by atoms with E-state index in [0.717, 1.165) is 11.4 Å². The Morgan fingerprint density at radius 2 is 2.42 bits per heavy atom. The molecule has 0 aliphatic heterocycles. The van der Waals surface area contributed by atoms with Crippen molar-refractivity contribution in [3.8, 4) is 0 Å². The highest BCUT2D eigenvalue weighted by Crippen LogP contribution is 2.21. The maximum Gasteiger partial charge on any atom is 0.115 e. The van der Waals surface area contributed by atoms with E-state index in [0.29, 0.717) is 5.25 Å². The van der Waals surface area contributed by atoms with Crippen LogP contribution in [-0.4, -0.2) is 26.9 Å². The average molecular weight is 184 g/mol. The lowest BCUT2D eigenvalue weighted by atomic mass is 10.3. The smallest absolute Gasteiger partial charge is 0.115 e. The van der Waals surface area contributed by atoms with Gasteiger partial charge in [-0.2, -0.15) is 0 Å². The third-order valence-electron chi connectivity index (χ3n) is 1.40. The molecule has 3 nitrogen and oxygen atoms in total. The van der Waals surface area contributed by atoms with Crippen molar-refractivity contribution in [1.82, 2.24) is 9.97 Å². The highest BCUT2D eigenvalue weighted by atomic mass is 32.2. The summed E-state index contributed by atoms with van der Waals surface area (Å²) >= 11 is 1.63. The molecule has 1 aromatic rings. The number of aliphatic hydroxyl groups is 1. The first kappa shape index (κ1) is 9.48. The molecule has 1 N–H and O–H groups in total. The SMILES string of the molecule is CC(CCO)Sc1cnccn1. The summed E-state index contributed by atoms with van der Waals surface area (Å²) in [5.74, 6) is 0. The van der Waals surface area contributed by atoms with Crippen LogP contribution in [0.1, 0.15) is 13.3 Å². The molecule has 0 saturated heterocycles. The first-order chi connectivity index (χ1) is 5.83. The van der Waals surface area contributed by atoms with E-state index < -0.39 is 0 Å². The van der Waals surface area contributed by atoms with Gasteiger partial charge in [0.1, 0.15) is 5.03 Å². The second kappa shape index (κ2) is 5.11. The fourth-order valence-electron chi connectivity index (χ4n) is 0.793. The standard InChI is InChI=1S/C8H12N2OS/c1-7(2-5-11)12-8-6-9-3-4-10-8/h3-4,6-7,11H,2,5H2,1H3. The molecule has 1 aromatic heterocycles. The van der Waals surface area contributed by atoms with Crippen molar-refractivity contribution in [2.75, 3.05) is 6.61 Å². The van der Waals surface area contributed by atoms with Gasteiger partial charge in [0.15, 0.2) is 0 Å². The van der Waals surface area contributed by atoms with Crippen LogP contribution in [0.4, 0.5) is 0 Å². The number of hydrogen-bond acceptors (Lipinski definition) is 4. The molecule has 0 amide bonds. The maximum absolute atomic E-state index is 8.67. The van der Waals surface area contributed by atoms with Crippen LogP contribution in [0.15, 0.2) is 23.6 Å². The van der Waals surface area contributed by atoms with E-state index >= 15 is 0 Å². The van der Waals surface area contributed by atoms with Crippen molar-refractivity contribution in [2.24, 2.45) is 0 Å². The highest BCUT2D eigenvalue weighted by Gasteiger charge is 2.03. The third kappa shape index (κ3) is 3.19. The Bertz CT molecular complexity index is 218. The topological polar surface area (TPSA) is 46.0 Å². The van der Waals surface area contributed by atoms with Gasteiger partial charge in [0.2, 0.25) is 0 Å². The summed E-state index contributed by atoms with van der Waals surface area (Å²) in [6.07, 6.45) is 5.86. The molecule has 1 unspecified atom stereocenters.